The first-order valence-corrected chi connectivity index (χ1v) is 13.6. The molecule has 0 radical (unpaired) electrons. The van der Waals surface area contributed by atoms with Crippen LogP contribution in [0.4, 0.5) is 42.1 Å². The highest BCUT2D eigenvalue weighted by Gasteiger charge is 2.45. The van der Waals surface area contributed by atoms with E-state index in [2.05, 4.69) is 4.74 Å². The van der Waals surface area contributed by atoms with Crippen molar-refractivity contribution in [2.24, 2.45) is 11.3 Å². The number of carbonyl (C=O) groups is 1. The molecule has 0 fully saturated rings. The quantitative estimate of drug-likeness (QED) is 0.249. The lowest BCUT2D eigenvalue weighted by atomic mass is 9.95. The first-order chi connectivity index (χ1) is 18.3. The summed E-state index contributed by atoms with van der Waals surface area (Å²) in [4.78, 5) is 12.1. The van der Waals surface area contributed by atoms with Crippen molar-refractivity contribution in [3.8, 4) is 5.75 Å². The van der Waals surface area contributed by atoms with Crippen molar-refractivity contribution in [2.75, 3.05) is 25.2 Å². The summed E-state index contributed by atoms with van der Waals surface area (Å²) in [5.74, 6) is -7.35. The third-order valence-corrected chi connectivity index (χ3v) is 8.38. The number of anilines is 2. The molecule has 2 aromatic rings. The Bertz CT molecular complexity index is 1340. The number of fused-ring (bicyclic) bond motifs is 1. The molecule has 0 saturated carbocycles. The van der Waals surface area contributed by atoms with Crippen LogP contribution < -0.4 is 9.64 Å². The maximum absolute atomic E-state index is 15.6. The molecule has 6 nitrogen and oxygen atoms in total. The van der Waals surface area contributed by atoms with Gasteiger partial charge in [-0.2, -0.15) is 13.2 Å². The Morgan fingerprint density at radius 3 is 2.17 bits per heavy atom. The molecule has 0 spiro atoms. The minimum absolute atomic E-state index is 0.00817. The fourth-order valence-corrected chi connectivity index (χ4v) is 5.94. The molecule has 2 atom stereocenters. The van der Waals surface area contributed by atoms with E-state index >= 15 is 4.39 Å². The van der Waals surface area contributed by atoms with Gasteiger partial charge in [0.05, 0.1) is 28.7 Å². The predicted octanol–water partition coefficient (Wildman–Crippen LogP) is 6.70. The second-order valence-corrected chi connectivity index (χ2v) is 12.3. The van der Waals surface area contributed by atoms with Gasteiger partial charge in [-0.1, -0.05) is 0 Å². The van der Waals surface area contributed by atoms with E-state index in [0.717, 1.165) is 36.3 Å². The molecular formula is C26H28F7NO5S. The summed E-state index contributed by atoms with van der Waals surface area (Å²) in [5, 5.41) is 0. The highest BCUT2D eigenvalue weighted by Crippen LogP contribution is 2.47. The fraction of sp³-hybridized carbons (Fsp3) is 0.500. The van der Waals surface area contributed by atoms with E-state index in [1.54, 1.807) is 0 Å². The molecule has 1 aliphatic heterocycles. The van der Waals surface area contributed by atoms with Gasteiger partial charge in [0.2, 0.25) is 21.3 Å². The summed E-state index contributed by atoms with van der Waals surface area (Å²) in [5.41, 5.74) is -6.21. The largest absolute Gasteiger partial charge is 0.492 e. The van der Waals surface area contributed by atoms with E-state index < -0.39 is 98.4 Å². The van der Waals surface area contributed by atoms with E-state index in [-0.39, 0.29) is 5.69 Å². The van der Waals surface area contributed by atoms with Crippen molar-refractivity contribution >= 4 is 27.2 Å². The summed E-state index contributed by atoms with van der Waals surface area (Å²) < 4.78 is 136. The van der Waals surface area contributed by atoms with Gasteiger partial charge in [-0.15, -0.1) is 0 Å². The minimum atomic E-state index is -5.09. The third kappa shape index (κ3) is 6.81. The first-order valence-electron chi connectivity index (χ1n) is 12.0. The Morgan fingerprint density at radius 2 is 1.65 bits per heavy atom. The Hall–Kier alpha value is -3.03. The predicted molar refractivity (Wildman–Crippen MR) is 132 cm³/mol. The molecule has 0 saturated heterocycles. The highest BCUT2D eigenvalue weighted by atomic mass is 32.2. The molecule has 0 bridgehead atoms. The minimum Gasteiger partial charge on any atom is -0.492 e. The summed E-state index contributed by atoms with van der Waals surface area (Å²) in [6.07, 6.45) is -6.59. The molecule has 14 heteroatoms. The van der Waals surface area contributed by atoms with Crippen LogP contribution in [0, 0.1) is 17.2 Å². The van der Waals surface area contributed by atoms with E-state index in [4.69, 9.17) is 4.74 Å². The maximum Gasteiger partial charge on any atom is 0.420 e. The lowest BCUT2D eigenvalue weighted by molar-refractivity contribution is -0.152. The molecule has 0 aliphatic carbocycles. The van der Waals surface area contributed by atoms with Gasteiger partial charge in [-0.25, -0.2) is 26.0 Å². The zero-order valence-corrected chi connectivity index (χ0v) is 22.8. The molecule has 0 unspecified atom stereocenters. The van der Waals surface area contributed by atoms with E-state index in [9.17, 15) is 39.6 Å². The first kappa shape index (κ1) is 31.5. The summed E-state index contributed by atoms with van der Waals surface area (Å²) >= 11 is 0. The summed E-state index contributed by atoms with van der Waals surface area (Å²) in [7, 11) is -3.98. The van der Waals surface area contributed by atoms with Crippen LogP contribution in [-0.4, -0.2) is 46.1 Å². The standard InChI is InChI=1S/C26H28F7NO5S/c1-24(2,23(35)38-4)14-39-20-12-21-19(11-18(20)26(31,32)33)34(17-7-5-16(27)6-8-17)13-15(9-10-25(3,29)30)22(28)40(21,36)37/h5-8,11-12,15,22H,9-10,13-14H2,1-4H3/t15-,22+/m0/s1. The molecular weight excluding hydrogens is 571 g/mol. The molecule has 2 aromatic carbocycles. The number of carbonyl (C=O) groups excluding carboxylic acids is 1. The van der Waals surface area contributed by atoms with Gasteiger partial charge >= 0.3 is 12.1 Å². The highest BCUT2D eigenvalue weighted by molar-refractivity contribution is 7.92. The second kappa shape index (κ2) is 11.1. The number of hydrogen-bond donors (Lipinski definition) is 0. The zero-order chi connectivity index (χ0) is 30.3. The van der Waals surface area contributed by atoms with Gasteiger partial charge in [-0.05, 0) is 57.5 Å². The SMILES string of the molecule is COC(=O)C(C)(C)COc1cc2c(cc1C(F)(F)F)N(c1ccc(F)cc1)C[C@H](CCC(C)(F)F)[C@H](F)S2(=O)=O. The van der Waals surface area contributed by atoms with Crippen LogP contribution in [0.25, 0.3) is 0 Å². The van der Waals surface area contributed by atoms with Gasteiger partial charge in [0.25, 0.3) is 0 Å². The van der Waals surface area contributed by atoms with Crippen LogP contribution in [0.1, 0.15) is 39.2 Å². The molecule has 40 heavy (non-hydrogen) atoms. The van der Waals surface area contributed by atoms with Crippen LogP contribution in [0.2, 0.25) is 0 Å². The normalized spacial score (nSPS) is 19.5. The Balaban J connectivity index is 2.25. The molecule has 1 aliphatic rings. The molecule has 0 aromatic heterocycles. The Kier molecular flexibility index (Phi) is 8.74. The Labute approximate surface area is 227 Å². The average molecular weight is 600 g/mol. The Morgan fingerprint density at radius 1 is 1.05 bits per heavy atom. The molecule has 0 N–H and O–H groups in total. The van der Waals surface area contributed by atoms with Crippen LogP contribution in [0.15, 0.2) is 41.3 Å². The number of halogens is 7. The van der Waals surface area contributed by atoms with Crippen molar-refractivity contribution in [1.82, 2.24) is 0 Å². The summed E-state index contributed by atoms with van der Waals surface area (Å²) in [6.45, 7) is 1.98. The average Bonchev–Trinajstić information content (AvgIpc) is 2.93. The van der Waals surface area contributed by atoms with Crippen molar-refractivity contribution in [3.63, 3.8) is 0 Å². The fourth-order valence-electron chi connectivity index (χ4n) is 4.24. The number of alkyl halides is 6. The van der Waals surface area contributed by atoms with Crippen LogP contribution in [-0.2, 0) is 25.5 Å². The van der Waals surface area contributed by atoms with Gasteiger partial charge in [0.1, 0.15) is 18.2 Å². The lowest BCUT2D eigenvalue weighted by Crippen LogP contribution is -2.32. The van der Waals surface area contributed by atoms with Crippen LogP contribution in [0.5, 0.6) is 5.75 Å². The lowest BCUT2D eigenvalue weighted by Gasteiger charge is -2.29. The smallest absolute Gasteiger partial charge is 0.420 e. The van der Waals surface area contributed by atoms with Crippen LogP contribution >= 0.6 is 0 Å². The van der Waals surface area contributed by atoms with E-state index in [0.29, 0.717) is 19.1 Å². The van der Waals surface area contributed by atoms with Crippen LogP contribution in [0.3, 0.4) is 0 Å². The van der Waals surface area contributed by atoms with Gasteiger partial charge < -0.3 is 14.4 Å². The molecule has 3 rings (SSSR count). The number of hydrogen-bond acceptors (Lipinski definition) is 6. The van der Waals surface area contributed by atoms with Crippen molar-refractivity contribution < 1.29 is 53.4 Å². The second-order valence-electron chi connectivity index (χ2n) is 10.3. The number of esters is 1. The number of methoxy groups -OCH3 is 1. The van der Waals surface area contributed by atoms with E-state index in [1.165, 1.54) is 13.8 Å². The number of benzene rings is 2. The zero-order valence-electron chi connectivity index (χ0n) is 22.0. The maximum atomic E-state index is 15.6. The number of ether oxygens (including phenoxy) is 2. The number of nitrogens with zero attached hydrogens (tertiary/aromatic N) is 1. The van der Waals surface area contributed by atoms with Gasteiger partial charge in [0.15, 0.2) is 0 Å². The van der Waals surface area contributed by atoms with Crippen molar-refractivity contribution in [3.05, 3.63) is 47.8 Å². The van der Waals surface area contributed by atoms with E-state index in [1.807, 2.05) is 0 Å². The number of rotatable bonds is 8. The van der Waals surface area contributed by atoms with Gasteiger partial charge in [-0.3, -0.25) is 4.79 Å². The van der Waals surface area contributed by atoms with Gasteiger partial charge in [0, 0.05) is 30.6 Å². The molecule has 1 heterocycles. The third-order valence-electron chi connectivity index (χ3n) is 6.47. The monoisotopic (exact) mass is 599 g/mol. The molecule has 222 valence electrons. The number of sulfone groups is 1. The summed E-state index contributed by atoms with van der Waals surface area (Å²) in [6, 6.07) is 5.20. The topological polar surface area (TPSA) is 72.9 Å². The van der Waals surface area contributed by atoms with Crippen molar-refractivity contribution in [1.29, 1.82) is 0 Å². The molecule has 0 amide bonds. The van der Waals surface area contributed by atoms with Crippen molar-refractivity contribution in [2.45, 2.75) is 56.1 Å².